The van der Waals surface area contributed by atoms with Crippen molar-refractivity contribution in [3.05, 3.63) is 167 Å². The maximum Gasteiger partial charge on any atom is 0.488 e. The molecule has 0 spiro atoms. The molecular formula is C59H71BBrO13P3. The Morgan fingerprint density at radius 1 is 0.481 bits per heavy atom. The summed E-state index contributed by atoms with van der Waals surface area (Å²) in [6.07, 6.45) is 3.60. The quantitative estimate of drug-likeness (QED) is 0.0653. The van der Waals surface area contributed by atoms with Gasteiger partial charge in [-0.3, -0.25) is 4.79 Å². The molecule has 4 heterocycles. The first-order valence-corrected chi connectivity index (χ1v) is 34.2. The Labute approximate surface area is 462 Å². The second kappa shape index (κ2) is 25.0. The van der Waals surface area contributed by atoms with E-state index in [4.69, 9.17) is 43.6 Å². The lowest BCUT2D eigenvalue weighted by Gasteiger charge is -2.23. The fourth-order valence-corrected chi connectivity index (χ4v) is 11.7. The molecule has 4 saturated heterocycles. The zero-order chi connectivity index (χ0) is 55.9. The van der Waals surface area contributed by atoms with Crippen molar-refractivity contribution in [3.63, 3.8) is 0 Å². The van der Waals surface area contributed by atoms with E-state index in [2.05, 4.69) is 40.2 Å². The Balaban J connectivity index is 0.000000155. The summed E-state index contributed by atoms with van der Waals surface area (Å²) in [6.45, 7) is 17.0. The highest BCUT2D eigenvalue weighted by atomic mass is 79.9. The maximum absolute atomic E-state index is 12.1. The average molecular weight is 1170 g/mol. The van der Waals surface area contributed by atoms with E-state index in [-0.39, 0.29) is 17.6 Å². The van der Waals surface area contributed by atoms with Gasteiger partial charge in [-0.15, -0.1) is 0 Å². The molecule has 0 amide bonds. The Morgan fingerprint density at radius 2 is 0.766 bits per heavy atom. The Morgan fingerprint density at radius 3 is 1.04 bits per heavy atom. The third-order valence-corrected chi connectivity index (χ3v) is 18.7. The number of carboxylic acid groups (broad SMARTS) is 1. The second-order valence-corrected chi connectivity index (χ2v) is 32.2. The van der Waals surface area contributed by atoms with Gasteiger partial charge < -0.3 is 57.3 Å². The summed E-state index contributed by atoms with van der Waals surface area (Å²) in [5.41, 5.74) is 7.65. The number of carbonyl (C=O) groups is 1. The molecule has 4 aliphatic heterocycles. The summed E-state index contributed by atoms with van der Waals surface area (Å²) in [5, 5.41) is 29.5. The number of carboxylic acids is 1. The van der Waals surface area contributed by atoms with Crippen molar-refractivity contribution in [3.8, 4) is 22.3 Å². The van der Waals surface area contributed by atoms with Crippen LogP contribution in [0.1, 0.15) is 49.8 Å². The molecule has 410 valence electrons. The van der Waals surface area contributed by atoms with Crippen LogP contribution in [0.25, 0.3) is 22.3 Å². The summed E-state index contributed by atoms with van der Waals surface area (Å²) in [6, 6.07) is 46.9. The molecule has 6 aromatic rings. The molecule has 4 fully saturated rings. The van der Waals surface area contributed by atoms with Crippen LogP contribution in [0.4, 0.5) is 0 Å². The predicted molar refractivity (Wildman–Crippen MR) is 312 cm³/mol. The van der Waals surface area contributed by atoms with Gasteiger partial charge in [0.1, 0.15) is 32.6 Å². The predicted octanol–water partition coefficient (Wildman–Crippen LogP) is 10.1. The Hall–Kier alpha value is -4.30. The normalized spacial score (nSPS) is 22.2. The molecular weight excluding hydrogens is 1100 g/mol. The standard InChI is InChI=1S/C21H25O4P.C17H19O3P.C13H17BO5.C8H10BrOP/c1-20-14-23-21(25-20,24-15-20)13-12-16-4-6-17(7-5-16)18-8-10-19(11-9-18)26(2,3)22;1-21(2,20)16-10-8-15(9-11-16)14-6-3-13(4-7-14)5-12-17(18)19;1-12-8-17-13(19-12,18-9-12)7-6-10-2-4-11(5-3-10)14(15)16;1-11(2,10)8-5-3-7(9)4-6-8/h4-11H,12-15H2,1-3H3;3-4,6-11H,5,12H2,1-2H3,(H,18,19);2-5,15-16H,6-9H2,1H3;3-6H,1-2H3. The van der Waals surface area contributed by atoms with Crippen molar-refractivity contribution in [2.24, 2.45) is 0 Å². The summed E-state index contributed by atoms with van der Waals surface area (Å²) in [5.74, 6) is -2.51. The van der Waals surface area contributed by atoms with Crippen molar-refractivity contribution in [2.45, 2.75) is 75.5 Å². The zero-order valence-corrected chi connectivity index (χ0v) is 49.4. The third kappa shape index (κ3) is 17.1. The van der Waals surface area contributed by atoms with Crippen molar-refractivity contribution < 1.29 is 62.1 Å². The molecule has 6 aromatic carbocycles. The van der Waals surface area contributed by atoms with Crippen LogP contribution in [0.15, 0.2) is 150 Å². The largest absolute Gasteiger partial charge is 0.488 e. The van der Waals surface area contributed by atoms with Gasteiger partial charge in [0.15, 0.2) is 0 Å². The SMILES string of the molecule is CC12COC(CCc3ccc(-c4ccc(P(C)(C)=O)cc4)cc3)(OC1)O2.CC12COC(CCc3ccc(B(O)O)cc3)(OC1)O2.CP(C)(=O)c1ccc(-c2ccc(CCC(=O)O)cc2)cc1.CP(C)(=O)c1ccc(Br)cc1. The summed E-state index contributed by atoms with van der Waals surface area (Å²) >= 11 is 3.32. The van der Waals surface area contributed by atoms with E-state index < -0.39 is 46.5 Å². The topological polar surface area (TPSA) is 184 Å². The second-order valence-electron chi connectivity index (χ2n) is 21.7. The lowest BCUT2D eigenvalue weighted by atomic mass is 9.80. The van der Waals surface area contributed by atoms with Crippen LogP contribution in [0.2, 0.25) is 0 Å². The summed E-state index contributed by atoms with van der Waals surface area (Å²) in [4.78, 5) is 10.6. The van der Waals surface area contributed by atoms with Crippen molar-refractivity contribution in [1.82, 2.24) is 0 Å². The molecule has 77 heavy (non-hydrogen) atoms. The monoisotopic (exact) mass is 1170 g/mol. The van der Waals surface area contributed by atoms with Crippen molar-refractivity contribution in [1.29, 1.82) is 0 Å². The molecule has 18 heteroatoms. The van der Waals surface area contributed by atoms with Gasteiger partial charge >= 0.3 is 13.1 Å². The van der Waals surface area contributed by atoms with Crippen LogP contribution in [0.3, 0.4) is 0 Å². The van der Waals surface area contributed by atoms with Crippen LogP contribution in [0, 0.1) is 0 Å². The van der Waals surface area contributed by atoms with Crippen LogP contribution in [-0.2, 0) is 66.2 Å². The number of halogens is 1. The van der Waals surface area contributed by atoms with Crippen LogP contribution in [-0.4, -0.2) is 118 Å². The lowest BCUT2D eigenvalue weighted by Crippen LogP contribution is -2.34. The molecule has 4 bridgehead atoms. The van der Waals surface area contributed by atoms with Gasteiger partial charge in [0.05, 0.1) is 26.4 Å². The van der Waals surface area contributed by atoms with Crippen LogP contribution < -0.4 is 21.4 Å². The summed E-state index contributed by atoms with van der Waals surface area (Å²) < 4.78 is 71.1. The minimum atomic E-state index is -2.21. The number of hydrogen-bond donors (Lipinski definition) is 3. The first-order valence-electron chi connectivity index (χ1n) is 25.6. The van der Waals surface area contributed by atoms with E-state index >= 15 is 0 Å². The Bertz CT molecular complexity index is 3050. The molecule has 0 saturated carbocycles. The van der Waals surface area contributed by atoms with Crippen molar-refractivity contribution in [2.75, 3.05) is 66.4 Å². The van der Waals surface area contributed by atoms with Crippen LogP contribution >= 0.6 is 37.4 Å². The minimum Gasteiger partial charge on any atom is -0.481 e. The third-order valence-electron chi connectivity index (χ3n) is 13.5. The number of aryl methyl sites for hydroxylation is 3. The first kappa shape index (κ1) is 60.3. The highest BCUT2D eigenvalue weighted by Crippen LogP contribution is 2.44. The van der Waals surface area contributed by atoms with E-state index in [0.717, 1.165) is 66.6 Å². The zero-order valence-electron chi connectivity index (χ0n) is 45.1. The minimum absolute atomic E-state index is 0.149. The molecule has 0 aromatic heterocycles. The van der Waals surface area contributed by atoms with E-state index in [9.17, 15) is 18.5 Å². The molecule has 13 nitrogen and oxygen atoms in total. The first-order chi connectivity index (χ1) is 36.1. The Kier molecular flexibility index (Phi) is 19.6. The van der Waals surface area contributed by atoms with Crippen LogP contribution in [0.5, 0.6) is 0 Å². The smallest absolute Gasteiger partial charge is 0.481 e. The fraction of sp³-hybridized carbons (Fsp3) is 0.373. The maximum atomic E-state index is 12.1. The molecule has 0 atom stereocenters. The number of hydrogen-bond acceptors (Lipinski definition) is 12. The number of aliphatic carboxylic acids is 1. The van der Waals surface area contributed by atoms with Gasteiger partial charge in [-0.25, -0.2) is 0 Å². The summed E-state index contributed by atoms with van der Waals surface area (Å²) in [7, 11) is -7.90. The van der Waals surface area contributed by atoms with E-state index in [0.29, 0.717) is 51.2 Å². The van der Waals surface area contributed by atoms with Gasteiger partial charge in [-0.05, 0) is 130 Å². The van der Waals surface area contributed by atoms with Gasteiger partial charge in [-0.2, -0.15) is 0 Å². The number of rotatable bonds is 15. The molecule has 0 aliphatic carbocycles. The van der Waals surface area contributed by atoms with Gasteiger partial charge in [-0.1, -0.05) is 149 Å². The average Bonchev–Trinajstić information content (AvgIpc) is 4.17. The molecule has 4 aliphatic rings. The number of ether oxygens (including phenoxy) is 6. The fourth-order valence-electron chi connectivity index (χ4n) is 8.85. The molecule has 3 N–H and O–H groups in total. The van der Waals surface area contributed by atoms with Gasteiger partial charge in [0.2, 0.25) is 0 Å². The molecule has 0 radical (unpaired) electrons. The number of fused-ring (bicyclic) bond motifs is 4. The highest BCUT2D eigenvalue weighted by Gasteiger charge is 2.57. The van der Waals surface area contributed by atoms with E-state index in [1.165, 1.54) is 5.56 Å². The van der Waals surface area contributed by atoms with E-state index in [1.807, 2.05) is 123 Å². The van der Waals surface area contributed by atoms with E-state index in [1.54, 1.807) is 52.1 Å². The lowest BCUT2D eigenvalue weighted by molar-refractivity contribution is -0.301. The highest BCUT2D eigenvalue weighted by molar-refractivity contribution is 9.10. The van der Waals surface area contributed by atoms with Gasteiger partial charge in [0.25, 0.3) is 11.9 Å². The van der Waals surface area contributed by atoms with Crippen molar-refractivity contribution >= 4 is 71.8 Å². The molecule has 10 rings (SSSR count). The van der Waals surface area contributed by atoms with Gasteiger partial charge in [0, 0.05) is 39.6 Å². The number of benzene rings is 6. The molecule has 0 unspecified atom stereocenters.